The number of rotatable bonds is 3. The number of nitro benzene ring substituents is 2. The Balaban J connectivity index is 0.000000221. The van der Waals surface area contributed by atoms with Gasteiger partial charge in [-0.15, -0.1) is 0 Å². The second kappa shape index (κ2) is 8.79. The lowest BCUT2D eigenvalue weighted by molar-refractivity contribution is -0.385. The van der Waals surface area contributed by atoms with E-state index in [1.54, 1.807) is 6.92 Å². The monoisotopic (exact) mass is 395 g/mol. The molecular formula is C17H10FN7O4. The third kappa shape index (κ3) is 4.93. The molecule has 0 aliphatic carbocycles. The van der Waals surface area contributed by atoms with Crippen LogP contribution in [0.4, 0.5) is 15.8 Å². The second-order valence-corrected chi connectivity index (χ2v) is 5.34. The van der Waals surface area contributed by atoms with Crippen LogP contribution in [0.15, 0.2) is 42.7 Å². The fraction of sp³-hybridized carbons (Fsp3) is 0.0588. The SMILES string of the molecule is Cc1ncn(-c2ccc([N+](=O)[O-])cc2C#N)n1.N#Cc1cc([N+](=O)[O-])ccc1F. The van der Waals surface area contributed by atoms with Gasteiger partial charge in [0.15, 0.2) is 0 Å². The third-order valence-corrected chi connectivity index (χ3v) is 3.45. The van der Waals surface area contributed by atoms with Crippen molar-refractivity contribution in [3.8, 4) is 17.8 Å². The number of hydrogen-bond donors (Lipinski definition) is 0. The first-order valence-electron chi connectivity index (χ1n) is 7.68. The van der Waals surface area contributed by atoms with Crippen molar-refractivity contribution >= 4 is 11.4 Å². The van der Waals surface area contributed by atoms with Crippen molar-refractivity contribution in [1.29, 1.82) is 10.5 Å². The number of nitro groups is 2. The van der Waals surface area contributed by atoms with Gasteiger partial charge in [-0.1, -0.05) is 0 Å². The zero-order valence-electron chi connectivity index (χ0n) is 14.7. The van der Waals surface area contributed by atoms with Crippen LogP contribution in [-0.2, 0) is 0 Å². The molecule has 0 fully saturated rings. The van der Waals surface area contributed by atoms with Crippen LogP contribution in [0.1, 0.15) is 17.0 Å². The molecule has 0 aliphatic rings. The van der Waals surface area contributed by atoms with E-state index < -0.39 is 15.7 Å². The molecule has 0 bridgehead atoms. The first-order valence-corrected chi connectivity index (χ1v) is 7.68. The Hall–Kier alpha value is -4.71. The van der Waals surface area contributed by atoms with Crippen molar-refractivity contribution < 1.29 is 14.2 Å². The van der Waals surface area contributed by atoms with E-state index in [0.29, 0.717) is 11.5 Å². The quantitative estimate of drug-likeness (QED) is 0.482. The van der Waals surface area contributed by atoms with Crippen molar-refractivity contribution in [1.82, 2.24) is 14.8 Å². The largest absolute Gasteiger partial charge is 0.270 e. The normalized spacial score (nSPS) is 9.52. The molecule has 2 aromatic carbocycles. The lowest BCUT2D eigenvalue weighted by atomic mass is 10.2. The Kier molecular flexibility index (Phi) is 6.24. The fourth-order valence-corrected chi connectivity index (χ4v) is 2.10. The van der Waals surface area contributed by atoms with Crippen LogP contribution in [0.3, 0.4) is 0 Å². The van der Waals surface area contributed by atoms with Gasteiger partial charge in [0, 0.05) is 24.3 Å². The average Bonchev–Trinajstić information content (AvgIpc) is 3.14. The zero-order chi connectivity index (χ0) is 21.6. The van der Waals surface area contributed by atoms with Gasteiger partial charge in [0.05, 0.1) is 26.7 Å². The summed E-state index contributed by atoms with van der Waals surface area (Å²) in [6.07, 6.45) is 1.46. The highest BCUT2D eigenvalue weighted by atomic mass is 19.1. The molecule has 12 heteroatoms. The highest BCUT2D eigenvalue weighted by Crippen LogP contribution is 2.20. The van der Waals surface area contributed by atoms with Gasteiger partial charge in [-0.3, -0.25) is 20.2 Å². The predicted molar refractivity (Wildman–Crippen MR) is 95.2 cm³/mol. The average molecular weight is 395 g/mol. The summed E-state index contributed by atoms with van der Waals surface area (Å²) in [7, 11) is 0. The first kappa shape index (κ1) is 20.6. The highest BCUT2D eigenvalue weighted by Gasteiger charge is 2.12. The Morgan fingerprint density at radius 2 is 1.55 bits per heavy atom. The van der Waals surface area contributed by atoms with E-state index in [9.17, 15) is 24.6 Å². The van der Waals surface area contributed by atoms with Gasteiger partial charge in [0.25, 0.3) is 11.4 Å². The summed E-state index contributed by atoms with van der Waals surface area (Å²) in [5.41, 5.74) is -0.0675. The molecular weight excluding hydrogens is 385 g/mol. The van der Waals surface area contributed by atoms with Crippen LogP contribution in [0.2, 0.25) is 0 Å². The van der Waals surface area contributed by atoms with Gasteiger partial charge < -0.3 is 0 Å². The number of aromatic nitrogens is 3. The van der Waals surface area contributed by atoms with E-state index in [0.717, 1.165) is 18.2 Å². The molecule has 0 saturated carbocycles. The maximum absolute atomic E-state index is 12.6. The maximum Gasteiger partial charge on any atom is 0.270 e. The summed E-state index contributed by atoms with van der Waals surface area (Å²) >= 11 is 0. The number of aryl methyl sites for hydroxylation is 1. The van der Waals surface area contributed by atoms with Crippen LogP contribution >= 0.6 is 0 Å². The smallest absolute Gasteiger partial charge is 0.258 e. The van der Waals surface area contributed by atoms with E-state index in [2.05, 4.69) is 10.1 Å². The Morgan fingerprint density at radius 3 is 2.03 bits per heavy atom. The molecule has 0 radical (unpaired) electrons. The molecule has 11 nitrogen and oxygen atoms in total. The molecule has 0 amide bonds. The van der Waals surface area contributed by atoms with Crippen molar-refractivity contribution in [2.24, 2.45) is 0 Å². The van der Waals surface area contributed by atoms with Gasteiger partial charge >= 0.3 is 0 Å². The molecule has 1 aromatic heterocycles. The highest BCUT2D eigenvalue weighted by molar-refractivity contribution is 5.53. The fourth-order valence-electron chi connectivity index (χ4n) is 2.10. The minimum Gasteiger partial charge on any atom is -0.258 e. The van der Waals surface area contributed by atoms with Crippen LogP contribution in [0, 0.1) is 55.6 Å². The Morgan fingerprint density at radius 1 is 1.00 bits per heavy atom. The van der Waals surface area contributed by atoms with Crippen molar-refractivity contribution in [3.05, 3.63) is 85.7 Å². The predicted octanol–water partition coefficient (Wildman–Crippen LogP) is 2.96. The van der Waals surface area contributed by atoms with Crippen LogP contribution in [0.5, 0.6) is 0 Å². The number of benzene rings is 2. The summed E-state index contributed by atoms with van der Waals surface area (Å²) in [4.78, 5) is 23.4. The van der Waals surface area contributed by atoms with Crippen LogP contribution < -0.4 is 0 Å². The molecule has 3 rings (SSSR count). The molecule has 0 aliphatic heterocycles. The first-order chi connectivity index (χ1) is 13.8. The number of nitrogens with zero attached hydrogens (tertiary/aromatic N) is 7. The summed E-state index contributed by atoms with van der Waals surface area (Å²) in [5, 5.41) is 42.1. The van der Waals surface area contributed by atoms with E-state index in [1.807, 2.05) is 6.07 Å². The molecule has 1 heterocycles. The van der Waals surface area contributed by atoms with Gasteiger partial charge in [-0.25, -0.2) is 14.1 Å². The topological polar surface area (TPSA) is 165 Å². The van der Waals surface area contributed by atoms with Gasteiger partial charge in [-0.05, 0) is 19.1 Å². The lowest BCUT2D eigenvalue weighted by Crippen LogP contribution is -1.99. The minimum absolute atomic E-state index is 0.123. The standard InChI is InChI=1S/C10H7N5O2.C7H3FN2O2/c1-7-12-6-14(13-7)10-3-2-9(15(16)17)4-8(10)5-11;8-7-2-1-6(10(11)12)3-5(7)4-9/h2-4,6H,1H3;1-3H. The molecule has 0 unspecified atom stereocenters. The van der Waals surface area contributed by atoms with Gasteiger partial charge in [0.1, 0.15) is 30.1 Å². The van der Waals surface area contributed by atoms with Gasteiger partial charge in [-0.2, -0.15) is 15.6 Å². The van der Waals surface area contributed by atoms with E-state index in [4.69, 9.17) is 10.5 Å². The molecule has 0 spiro atoms. The number of halogens is 1. The summed E-state index contributed by atoms with van der Waals surface area (Å²) < 4.78 is 14.0. The van der Waals surface area contributed by atoms with Crippen molar-refractivity contribution in [3.63, 3.8) is 0 Å². The van der Waals surface area contributed by atoms with E-state index in [-0.39, 0.29) is 22.5 Å². The molecule has 3 aromatic rings. The number of non-ortho nitro benzene ring substituents is 2. The van der Waals surface area contributed by atoms with Crippen molar-refractivity contribution in [2.75, 3.05) is 0 Å². The number of nitriles is 2. The summed E-state index contributed by atoms with van der Waals surface area (Å²) in [6.45, 7) is 1.72. The van der Waals surface area contributed by atoms with Crippen LogP contribution in [-0.4, -0.2) is 24.6 Å². The van der Waals surface area contributed by atoms with Crippen LogP contribution in [0.25, 0.3) is 5.69 Å². The zero-order valence-corrected chi connectivity index (χ0v) is 14.7. The minimum atomic E-state index is -0.747. The molecule has 29 heavy (non-hydrogen) atoms. The molecule has 144 valence electrons. The maximum atomic E-state index is 12.6. The van der Waals surface area contributed by atoms with Crippen molar-refractivity contribution in [2.45, 2.75) is 6.92 Å². The van der Waals surface area contributed by atoms with E-state index >= 15 is 0 Å². The third-order valence-electron chi connectivity index (χ3n) is 3.45. The lowest BCUT2D eigenvalue weighted by Gasteiger charge is -2.02. The van der Waals surface area contributed by atoms with Gasteiger partial charge in [0.2, 0.25) is 0 Å². The molecule has 0 atom stereocenters. The summed E-state index contributed by atoms with van der Waals surface area (Å²) in [6, 6.07) is 10.2. The van der Waals surface area contributed by atoms with E-state index in [1.165, 1.54) is 35.3 Å². The Bertz CT molecular complexity index is 1180. The second-order valence-electron chi connectivity index (χ2n) is 5.34. The number of hydrogen-bond acceptors (Lipinski definition) is 8. The summed E-state index contributed by atoms with van der Waals surface area (Å²) in [5.74, 6) is -0.185. The molecule has 0 N–H and O–H groups in total. The molecule has 0 saturated heterocycles. The Labute approximate surface area is 162 Å².